The van der Waals surface area contributed by atoms with E-state index in [4.69, 9.17) is 4.98 Å². The summed E-state index contributed by atoms with van der Waals surface area (Å²) in [7, 11) is 0. The molecule has 1 N–H and O–H groups in total. The second-order valence-electron chi connectivity index (χ2n) is 10.0. The Bertz CT molecular complexity index is 1170. The molecule has 1 aromatic carbocycles. The number of benzene rings is 1. The Morgan fingerprint density at radius 2 is 1.77 bits per heavy atom. The predicted molar refractivity (Wildman–Crippen MR) is 122 cm³/mol. The van der Waals surface area contributed by atoms with Crippen molar-refractivity contribution in [2.75, 3.05) is 24.6 Å². The number of para-hydroxylation sites is 2. The van der Waals surface area contributed by atoms with Gasteiger partial charge in [0.1, 0.15) is 11.9 Å². The SMILES string of the molecule is CC1(C)Cc2c(c(N3CCC(C)(CO)CC3)n3c(nc4ccccc43)c2C#N)C1.Cl. The van der Waals surface area contributed by atoms with Gasteiger partial charge >= 0.3 is 0 Å². The van der Waals surface area contributed by atoms with Crippen LogP contribution in [0.5, 0.6) is 0 Å². The van der Waals surface area contributed by atoms with E-state index in [0.29, 0.717) is 0 Å². The number of aliphatic hydroxyl groups is 1. The third-order valence-electron chi connectivity index (χ3n) is 7.01. The first-order valence-corrected chi connectivity index (χ1v) is 10.6. The Kier molecular flexibility index (Phi) is 4.99. The number of rotatable bonds is 2. The summed E-state index contributed by atoms with van der Waals surface area (Å²) in [4.78, 5) is 7.36. The lowest BCUT2D eigenvalue weighted by Crippen LogP contribution is -2.41. The number of hydrogen-bond acceptors (Lipinski definition) is 4. The second kappa shape index (κ2) is 7.14. The largest absolute Gasteiger partial charge is 0.396 e. The van der Waals surface area contributed by atoms with Gasteiger partial charge in [-0.05, 0) is 59.8 Å². The quantitative estimate of drug-likeness (QED) is 0.657. The molecule has 0 spiro atoms. The maximum atomic E-state index is 10.1. The Balaban J connectivity index is 0.00000218. The summed E-state index contributed by atoms with van der Waals surface area (Å²) in [6.45, 7) is 8.83. The highest BCUT2D eigenvalue weighted by atomic mass is 35.5. The van der Waals surface area contributed by atoms with E-state index >= 15 is 0 Å². The van der Waals surface area contributed by atoms with E-state index in [1.807, 2.05) is 18.2 Å². The third-order valence-corrected chi connectivity index (χ3v) is 7.01. The maximum Gasteiger partial charge on any atom is 0.157 e. The molecule has 1 aliphatic heterocycles. The van der Waals surface area contributed by atoms with Gasteiger partial charge in [-0.15, -0.1) is 12.4 Å². The van der Waals surface area contributed by atoms with Crippen molar-refractivity contribution in [1.82, 2.24) is 9.38 Å². The molecule has 0 unspecified atom stereocenters. The van der Waals surface area contributed by atoms with Gasteiger partial charge in [-0.3, -0.25) is 4.40 Å². The molecule has 0 radical (unpaired) electrons. The van der Waals surface area contributed by atoms with Crippen LogP contribution in [-0.2, 0) is 12.8 Å². The third kappa shape index (κ3) is 3.05. The molecule has 6 heteroatoms. The standard InChI is InChI=1S/C24H28N4O.ClH/c1-23(2)12-16-17(13-23)22(27-10-8-24(3,15-29)9-11-27)28-20-7-5-4-6-19(20)26-21(28)18(16)14-25;/h4-7,29H,8-13,15H2,1-3H3;1H. The monoisotopic (exact) mass is 424 g/mol. The zero-order valence-corrected chi connectivity index (χ0v) is 18.7. The van der Waals surface area contributed by atoms with Crippen LogP contribution >= 0.6 is 12.4 Å². The molecule has 1 aliphatic carbocycles. The van der Waals surface area contributed by atoms with Crippen LogP contribution < -0.4 is 4.90 Å². The number of nitriles is 1. The summed E-state index contributed by atoms with van der Waals surface area (Å²) < 4.78 is 2.23. The van der Waals surface area contributed by atoms with Gasteiger partial charge in [-0.1, -0.05) is 32.9 Å². The Hall–Kier alpha value is -2.29. The Morgan fingerprint density at radius 1 is 1.10 bits per heavy atom. The number of hydrogen-bond donors (Lipinski definition) is 1. The van der Waals surface area contributed by atoms with Gasteiger partial charge in [-0.25, -0.2) is 4.98 Å². The topological polar surface area (TPSA) is 64.6 Å². The molecule has 0 saturated carbocycles. The number of imidazole rings is 1. The highest BCUT2D eigenvalue weighted by Crippen LogP contribution is 2.46. The molecule has 0 amide bonds. The van der Waals surface area contributed by atoms with Crippen LogP contribution in [0.15, 0.2) is 24.3 Å². The molecule has 3 aromatic rings. The van der Waals surface area contributed by atoms with Crippen molar-refractivity contribution in [3.63, 3.8) is 0 Å². The summed E-state index contributed by atoms with van der Waals surface area (Å²) in [6.07, 6.45) is 3.83. The molecule has 0 bridgehead atoms. The molecule has 1 saturated heterocycles. The predicted octanol–water partition coefficient (Wildman–Crippen LogP) is 4.50. The number of nitrogens with zero attached hydrogens (tertiary/aromatic N) is 4. The summed E-state index contributed by atoms with van der Waals surface area (Å²) in [5.74, 6) is 1.22. The lowest BCUT2D eigenvalue weighted by molar-refractivity contribution is 0.114. The van der Waals surface area contributed by atoms with E-state index in [1.165, 1.54) is 16.9 Å². The van der Waals surface area contributed by atoms with Gasteiger partial charge in [0.25, 0.3) is 0 Å². The average molecular weight is 425 g/mol. The van der Waals surface area contributed by atoms with Crippen LogP contribution in [0.1, 0.15) is 50.3 Å². The lowest BCUT2D eigenvalue weighted by Gasteiger charge is -2.40. The van der Waals surface area contributed by atoms with Gasteiger partial charge in [0, 0.05) is 19.7 Å². The average Bonchev–Trinajstić information content (AvgIpc) is 3.23. The fourth-order valence-electron chi connectivity index (χ4n) is 5.23. The summed E-state index contributed by atoms with van der Waals surface area (Å²) in [6, 6.07) is 10.7. The van der Waals surface area contributed by atoms with Crippen LogP contribution in [0.3, 0.4) is 0 Å². The van der Waals surface area contributed by atoms with Crippen molar-refractivity contribution in [3.8, 4) is 6.07 Å². The van der Waals surface area contributed by atoms with Crippen LogP contribution in [0, 0.1) is 22.2 Å². The van der Waals surface area contributed by atoms with Gasteiger partial charge in [0.2, 0.25) is 0 Å². The minimum Gasteiger partial charge on any atom is -0.396 e. The number of anilines is 1. The van der Waals surface area contributed by atoms with E-state index in [2.05, 4.69) is 42.2 Å². The zero-order chi connectivity index (χ0) is 20.4. The number of halogens is 1. The normalized spacial score (nSPS) is 19.5. The van der Waals surface area contributed by atoms with Gasteiger partial charge in [0.15, 0.2) is 5.65 Å². The van der Waals surface area contributed by atoms with Gasteiger partial charge in [-0.2, -0.15) is 5.26 Å². The van der Waals surface area contributed by atoms with Crippen LogP contribution in [-0.4, -0.2) is 34.2 Å². The molecular formula is C24H29ClN4O. The molecule has 2 aliphatic rings. The lowest BCUT2D eigenvalue weighted by atomic mass is 9.81. The van der Waals surface area contributed by atoms with Crippen LogP contribution in [0.25, 0.3) is 16.7 Å². The van der Waals surface area contributed by atoms with Crippen molar-refractivity contribution in [2.45, 2.75) is 46.5 Å². The highest BCUT2D eigenvalue weighted by Gasteiger charge is 2.38. The van der Waals surface area contributed by atoms with Gasteiger partial charge in [0.05, 0.1) is 16.6 Å². The van der Waals surface area contributed by atoms with Crippen molar-refractivity contribution in [3.05, 3.63) is 41.0 Å². The zero-order valence-electron chi connectivity index (χ0n) is 17.9. The van der Waals surface area contributed by atoms with Crippen molar-refractivity contribution >= 4 is 34.9 Å². The van der Waals surface area contributed by atoms with Crippen molar-refractivity contribution in [2.24, 2.45) is 10.8 Å². The van der Waals surface area contributed by atoms with E-state index in [1.54, 1.807) is 0 Å². The second-order valence-corrected chi connectivity index (χ2v) is 10.0. The molecule has 5 nitrogen and oxygen atoms in total. The van der Waals surface area contributed by atoms with E-state index in [-0.39, 0.29) is 29.8 Å². The minimum atomic E-state index is 0. The summed E-state index contributed by atoms with van der Waals surface area (Å²) in [5, 5.41) is 19.9. The molecule has 3 heterocycles. The fourth-order valence-corrected chi connectivity index (χ4v) is 5.23. The molecule has 5 rings (SSSR count). The number of aliphatic hydroxyl groups excluding tert-OH is 1. The van der Waals surface area contributed by atoms with Crippen LogP contribution in [0.2, 0.25) is 0 Å². The van der Waals surface area contributed by atoms with Crippen LogP contribution in [0.4, 0.5) is 5.82 Å². The Morgan fingerprint density at radius 3 is 2.43 bits per heavy atom. The number of fused-ring (bicyclic) bond motifs is 4. The van der Waals surface area contributed by atoms with Gasteiger partial charge < -0.3 is 10.0 Å². The summed E-state index contributed by atoms with van der Waals surface area (Å²) in [5.41, 5.74) is 6.18. The smallest absolute Gasteiger partial charge is 0.157 e. The molecule has 0 atom stereocenters. The Labute approximate surface area is 183 Å². The van der Waals surface area contributed by atoms with Crippen molar-refractivity contribution < 1.29 is 5.11 Å². The van der Waals surface area contributed by atoms with E-state index < -0.39 is 0 Å². The number of aromatic nitrogens is 2. The summed E-state index contributed by atoms with van der Waals surface area (Å²) >= 11 is 0. The molecule has 1 fully saturated rings. The molecule has 30 heavy (non-hydrogen) atoms. The number of piperidine rings is 1. The molecule has 2 aromatic heterocycles. The number of pyridine rings is 1. The fraction of sp³-hybridized carbons (Fsp3) is 0.500. The van der Waals surface area contributed by atoms with Crippen molar-refractivity contribution in [1.29, 1.82) is 5.26 Å². The van der Waals surface area contributed by atoms with E-state index in [9.17, 15) is 10.4 Å². The first-order valence-electron chi connectivity index (χ1n) is 10.6. The minimum absolute atomic E-state index is 0. The maximum absolute atomic E-state index is 10.1. The molecule has 158 valence electrons. The van der Waals surface area contributed by atoms with E-state index in [0.717, 1.165) is 61.0 Å². The first kappa shape index (κ1) is 21.0. The first-order chi connectivity index (χ1) is 13.9. The molecular weight excluding hydrogens is 396 g/mol. The highest BCUT2D eigenvalue weighted by molar-refractivity contribution is 5.87.